The lowest BCUT2D eigenvalue weighted by molar-refractivity contribution is 0.0915. The highest BCUT2D eigenvalue weighted by Gasteiger charge is 2.21. The fraction of sp³-hybridized carbons (Fsp3) is 0.333. The van der Waals surface area contributed by atoms with Gasteiger partial charge in [0.15, 0.2) is 0 Å². The Balaban J connectivity index is 1.44. The van der Waals surface area contributed by atoms with Gasteiger partial charge in [-0.25, -0.2) is 4.98 Å². The number of rotatable bonds is 5. The maximum atomic E-state index is 9.73. The summed E-state index contributed by atoms with van der Waals surface area (Å²) >= 11 is 0. The highest BCUT2D eigenvalue weighted by Crippen LogP contribution is 2.21. The van der Waals surface area contributed by atoms with Crippen molar-refractivity contribution in [2.45, 2.75) is 25.7 Å². The predicted octanol–water partition coefficient (Wildman–Crippen LogP) is 1.58. The summed E-state index contributed by atoms with van der Waals surface area (Å²) in [5, 5.41) is 23.1. The van der Waals surface area contributed by atoms with Crippen LogP contribution in [0.25, 0.3) is 11.5 Å². The maximum Gasteiger partial charge on any atom is 0.226 e. The molecule has 3 aromatic rings. The van der Waals surface area contributed by atoms with Crippen molar-refractivity contribution in [3.8, 4) is 11.5 Å². The van der Waals surface area contributed by atoms with E-state index < -0.39 is 6.10 Å². The van der Waals surface area contributed by atoms with E-state index in [1.54, 1.807) is 6.26 Å². The summed E-state index contributed by atoms with van der Waals surface area (Å²) < 4.78 is 7.49. The van der Waals surface area contributed by atoms with E-state index in [0.29, 0.717) is 18.1 Å². The lowest BCUT2D eigenvalue weighted by atomic mass is 10.2. The Morgan fingerprint density at radius 3 is 2.84 bits per heavy atom. The first-order valence-corrected chi connectivity index (χ1v) is 8.30. The molecule has 130 valence electrons. The fourth-order valence-electron chi connectivity index (χ4n) is 3.06. The Morgan fingerprint density at radius 2 is 2.04 bits per heavy atom. The summed E-state index contributed by atoms with van der Waals surface area (Å²) in [4.78, 5) is 6.84. The highest BCUT2D eigenvalue weighted by molar-refractivity contribution is 5.52. The molecule has 2 aromatic heterocycles. The zero-order valence-electron chi connectivity index (χ0n) is 13.7. The number of nitrogens with zero attached hydrogens (tertiary/aromatic N) is 4. The minimum atomic E-state index is -0.921. The SMILES string of the molecule is OC[C@H](O)c1cc2n(n1)CCN(Cc1coc(-c3ccccc3)n1)C2. The third-order valence-corrected chi connectivity index (χ3v) is 4.37. The molecule has 0 fully saturated rings. The molecule has 7 nitrogen and oxygen atoms in total. The number of aliphatic hydroxyl groups is 2. The molecule has 0 aliphatic carbocycles. The molecule has 0 bridgehead atoms. The largest absolute Gasteiger partial charge is 0.444 e. The monoisotopic (exact) mass is 340 g/mol. The number of hydrogen-bond donors (Lipinski definition) is 2. The van der Waals surface area contributed by atoms with Gasteiger partial charge in [0.05, 0.1) is 30.2 Å². The first-order valence-electron chi connectivity index (χ1n) is 8.30. The van der Waals surface area contributed by atoms with Crippen LogP contribution in [0.1, 0.15) is 23.2 Å². The van der Waals surface area contributed by atoms with Crippen LogP contribution in [0.15, 0.2) is 47.1 Å². The van der Waals surface area contributed by atoms with E-state index in [-0.39, 0.29) is 6.61 Å². The van der Waals surface area contributed by atoms with E-state index in [0.717, 1.165) is 36.6 Å². The van der Waals surface area contributed by atoms with Crippen molar-refractivity contribution in [1.29, 1.82) is 0 Å². The van der Waals surface area contributed by atoms with Crippen LogP contribution in [0.2, 0.25) is 0 Å². The normalized spacial score (nSPS) is 15.9. The second-order valence-electron chi connectivity index (χ2n) is 6.20. The van der Waals surface area contributed by atoms with Crippen LogP contribution in [0.3, 0.4) is 0 Å². The molecule has 1 aliphatic heterocycles. The molecule has 0 radical (unpaired) electrons. The summed E-state index contributed by atoms with van der Waals surface area (Å²) in [7, 11) is 0. The molecule has 2 N–H and O–H groups in total. The molecular weight excluding hydrogens is 320 g/mol. The topological polar surface area (TPSA) is 87.5 Å². The van der Waals surface area contributed by atoms with Crippen molar-refractivity contribution in [2.75, 3.05) is 13.2 Å². The molecule has 1 aliphatic rings. The van der Waals surface area contributed by atoms with E-state index in [2.05, 4.69) is 15.0 Å². The molecule has 25 heavy (non-hydrogen) atoms. The molecule has 0 unspecified atom stereocenters. The van der Waals surface area contributed by atoms with E-state index >= 15 is 0 Å². The molecule has 0 amide bonds. The van der Waals surface area contributed by atoms with E-state index in [9.17, 15) is 5.11 Å². The van der Waals surface area contributed by atoms with Crippen LogP contribution >= 0.6 is 0 Å². The summed E-state index contributed by atoms with van der Waals surface area (Å²) in [5.74, 6) is 0.631. The number of aliphatic hydroxyl groups excluding tert-OH is 2. The second-order valence-corrected chi connectivity index (χ2v) is 6.20. The van der Waals surface area contributed by atoms with Gasteiger partial charge >= 0.3 is 0 Å². The summed E-state index contributed by atoms with van der Waals surface area (Å²) in [5.41, 5.74) is 3.41. The van der Waals surface area contributed by atoms with Crippen molar-refractivity contribution in [2.24, 2.45) is 0 Å². The molecule has 7 heteroatoms. The molecule has 1 aromatic carbocycles. The molecule has 0 saturated carbocycles. The van der Waals surface area contributed by atoms with Gasteiger partial charge < -0.3 is 14.6 Å². The van der Waals surface area contributed by atoms with Crippen LogP contribution in [0, 0.1) is 0 Å². The third-order valence-electron chi connectivity index (χ3n) is 4.37. The second kappa shape index (κ2) is 6.79. The molecule has 4 rings (SSSR count). The Morgan fingerprint density at radius 1 is 1.20 bits per heavy atom. The van der Waals surface area contributed by atoms with E-state index in [4.69, 9.17) is 9.52 Å². The quantitative estimate of drug-likeness (QED) is 0.733. The molecule has 1 atom stereocenters. The van der Waals surface area contributed by atoms with Gasteiger partial charge in [0.1, 0.15) is 12.4 Å². The van der Waals surface area contributed by atoms with Gasteiger partial charge in [-0.15, -0.1) is 0 Å². The van der Waals surface area contributed by atoms with Crippen LogP contribution in [-0.4, -0.2) is 43.0 Å². The van der Waals surface area contributed by atoms with Gasteiger partial charge in [-0.1, -0.05) is 18.2 Å². The van der Waals surface area contributed by atoms with Crippen LogP contribution in [0.5, 0.6) is 0 Å². The van der Waals surface area contributed by atoms with Crippen LogP contribution in [0.4, 0.5) is 0 Å². The van der Waals surface area contributed by atoms with Gasteiger partial charge in [-0.2, -0.15) is 5.10 Å². The lowest BCUT2D eigenvalue weighted by Gasteiger charge is -2.26. The molecule has 0 saturated heterocycles. The minimum Gasteiger partial charge on any atom is -0.444 e. The van der Waals surface area contributed by atoms with Crippen LogP contribution in [-0.2, 0) is 19.6 Å². The van der Waals surface area contributed by atoms with Crippen LogP contribution < -0.4 is 0 Å². The van der Waals surface area contributed by atoms with Crippen molar-refractivity contribution >= 4 is 0 Å². The highest BCUT2D eigenvalue weighted by atomic mass is 16.3. The number of hydrogen-bond acceptors (Lipinski definition) is 6. The van der Waals surface area contributed by atoms with Crippen molar-refractivity contribution < 1.29 is 14.6 Å². The van der Waals surface area contributed by atoms with Gasteiger partial charge in [-0.05, 0) is 18.2 Å². The molecule has 0 spiro atoms. The Bertz CT molecular complexity index is 843. The zero-order chi connectivity index (χ0) is 17.2. The third kappa shape index (κ3) is 3.34. The summed E-state index contributed by atoms with van der Waals surface area (Å²) in [6.45, 7) is 2.69. The number of aromatic nitrogens is 3. The summed E-state index contributed by atoms with van der Waals surface area (Å²) in [6, 6.07) is 11.7. The van der Waals surface area contributed by atoms with Crippen molar-refractivity contribution in [3.05, 3.63) is 59.7 Å². The summed E-state index contributed by atoms with van der Waals surface area (Å²) in [6.07, 6.45) is 0.783. The molecule has 3 heterocycles. The maximum absolute atomic E-state index is 9.73. The minimum absolute atomic E-state index is 0.318. The molecular formula is C18H20N4O3. The van der Waals surface area contributed by atoms with Crippen molar-refractivity contribution in [3.63, 3.8) is 0 Å². The van der Waals surface area contributed by atoms with Crippen molar-refractivity contribution in [1.82, 2.24) is 19.7 Å². The van der Waals surface area contributed by atoms with Gasteiger partial charge in [0, 0.05) is 25.2 Å². The smallest absolute Gasteiger partial charge is 0.226 e. The fourth-order valence-corrected chi connectivity index (χ4v) is 3.06. The van der Waals surface area contributed by atoms with E-state index in [1.165, 1.54) is 0 Å². The Labute approximate surface area is 145 Å². The van der Waals surface area contributed by atoms with Gasteiger partial charge in [0.2, 0.25) is 5.89 Å². The lowest BCUT2D eigenvalue weighted by Crippen LogP contribution is -2.33. The predicted molar refractivity (Wildman–Crippen MR) is 90.3 cm³/mol. The average Bonchev–Trinajstić information content (AvgIpc) is 3.28. The first kappa shape index (κ1) is 16.0. The zero-order valence-corrected chi connectivity index (χ0v) is 13.7. The average molecular weight is 340 g/mol. The standard InChI is InChI=1S/C18H20N4O3/c23-11-17(24)16-8-15-10-21(6-7-22(15)20-16)9-14-12-25-18(19-14)13-4-2-1-3-5-13/h1-5,8,12,17,23-24H,6-7,9-11H2/t17-/m0/s1. The van der Waals surface area contributed by atoms with E-state index in [1.807, 2.05) is 41.1 Å². The number of benzene rings is 1. The number of oxazole rings is 1. The van der Waals surface area contributed by atoms with Gasteiger partial charge in [-0.3, -0.25) is 9.58 Å². The number of fused-ring (bicyclic) bond motifs is 1. The van der Waals surface area contributed by atoms with Gasteiger partial charge in [0.25, 0.3) is 0 Å². The Hall–Kier alpha value is -2.48. The Kier molecular flexibility index (Phi) is 4.35. The first-order chi connectivity index (χ1) is 12.2.